The van der Waals surface area contributed by atoms with Gasteiger partial charge in [-0.25, -0.2) is 4.79 Å². The van der Waals surface area contributed by atoms with Crippen molar-refractivity contribution in [3.63, 3.8) is 0 Å². The average Bonchev–Trinajstić information content (AvgIpc) is 2.44. The Morgan fingerprint density at radius 3 is 2.57 bits per heavy atom. The van der Waals surface area contributed by atoms with E-state index in [1.165, 1.54) is 0 Å². The van der Waals surface area contributed by atoms with Crippen LogP contribution in [0.15, 0.2) is 18.2 Å². The number of hydrogen-bond donors (Lipinski definition) is 2. The lowest BCUT2D eigenvalue weighted by Crippen LogP contribution is -2.36. The number of carbonyl (C=O) groups is 1. The Morgan fingerprint density at radius 1 is 1.26 bits per heavy atom. The lowest BCUT2D eigenvalue weighted by Gasteiger charge is -2.16. The molecule has 23 heavy (non-hydrogen) atoms. The smallest absolute Gasteiger partial charge is 0.335 e. The van der Waals surface area contributed by atoms with Gasteiger partial charge in [0, 0.05) is 6.04 Å². The summed E-state index contributed by atoms with van der Waals surface area (Å²) in [6.07, 6.45) is 0.728. The first-order chi connectivity index (χ1) is 10.7. The van der Waals surface area contributed by atoms with E-state index < -0.39 is 17.8 Å². The monoisotopic (exact) mass is 350 g/mol. The van der Waals surface area contributed by atoms with Crippen molar-refractivity contribution in [3.05, 3.63) is 28.8 Å². The molecule has 0 spiro atoms. The summed E-state index contributed by atoms with van der Waals surface area (Å²) in [4.78, 5) is 11.9. The quantitative estimate of drug-likeness (QED) is 0.596. The van der Waals surface area contributed by atoms with Crippen LogP contribution in [0.4, 0.5) is 23.7 Å². The van der Waals surface area contributed by atoms with Crippen LogP contribution in [0.3, 0.4) is 0 Å². The van der Waals surface area contributed by atoms with Crippen LogP contribution >= 0.6 is 11.6 Å². The lowest BCUT2D eigenvalue weighted by molar-refractivity contribution is -0.137. The Morgan fingerprint density at radius 2 is 1.96 bits per heavy atom. The zero-order valence-electron chi connectivity index (χ0n) is 13.3. The number of anilines is 1. The first-order valence-electron chi connectivity index (χ1n) is 7.68. The molecule has 1 aromatic rings. The number of amides is 2. The van der Waals surface area contributed by atoms with Gasteiger partial charge in [-0.1, -0.05) is 44.2 Å². The standard InChI is InChI=1S/C16H22ClF3N2O/c1-3-4-5-6-7-11(2)21-15(23)22-14-10-12(16(18,19)20)8-9-13(14)17/h8-11H,3-7H2,1-2H3,(H2,21,22,23)/t11-/m1/s1. The lowest BCUT2D eigenvalue weighted by atomic mass is 10.1. The predicted molar refractivity (Wildman–Crippen MR) is 86.8 cm³/mol. The molecule has 2 amide bonds. The zero-order valence-corrected chi connectivity index (χ0v) is 14.0. The molecule has 7 heteroatoms. The largest absolute Gasteiger partial charge is 0.416 e. The Bertz CT molecular complexity index is 521. The first kappa shape index (κ1) is 19.6. The number of hydrogen-bond acceptors (Lipinski definition) is 1. The van der Waals surface area contributed by atoms with E-state index in [4.69, 9.17) is 11.6 Å². The van der Waals surface area contributed by atoms with Gasteiger partial charge in [0.15, 0.2) is 0 Å². The maximum absolute atomic E-state index is 12.7. The fourth-order valence-corrected chi connectivity index (χ4v) is 2.29. The molecule has 0 fully saturated rings. The molecule has 0 bridgehead atoms. The van der Waals surface area contributed by atoms with Crippen LogP contribution in [-0.4, -0.2) is 12.1 Å². The summed E-state index contributed by atoms with van der Waals surface area (Å²) in [5.74, 6) is 0. The highest BCUT2D eigenvalue weighted by molar-refractivity contribution is 6.33. The Hall–Kier alpha value is -1.43. The molecule has 1 atom stereocenters. The van der Waals surface area contributed by atoms with E-state index in [0.717, 1.165) is 50.3 Å². The number of urea groups is 1. The van der Waals surface area contributed by atoms with Gasteiger partial charge in [-0.2, -0.15) is 13.2 Å². The number of nitrogens with one attached hydrogen (secondary N) is 2. The second-order valence-corrected chi connectivity index (χ2v) is 5.95. The summed E-state index contributed by atoms with van der Waals surface area (Å²) in [5.41, 5.74) is -0.915. The molecule has 0 saturated carbocycles. The molecular formula is C16H22ClF3N2O. The zero-order chi connectivity index (χ0) is 17.5. The van der Waals surface area contributed by atoms with Crippen molar-refractivity contribution < 1.29 is 18.0 Å². The number of benzene rings is 1. The molecule has 0 radical (unpaired) electrons. The van der Waals surface area contributed by atoms with Crippen LogP contribution in [0.25, 0.3) is 0 Å². The third-order valence-corrected chi connectivity index (χ3v) is 3.74. The normalized spacial score (nSPS) is 12.8. The molecule has 0 aliphatic carbocycles. The van der Waals surface area contributed by atoms with Gasteiger partial charge in [-0.15, -0.1) is 0 Å². The summed E-state index contributed by atoms with van der Waals surface area (Å²) in [7, 11) is 0. The van der Waals surface area contributed by atoms with Crippen LogP contribution in [-0.2, 0) is 6.18 Å². The molecule has 0 aliphatic heterocycles. The van der Waals surface area contributed by atoms with Gasteiger partial charge in [0.1, 0.15) is 0 Å². The van der Waals surface area contributed by atoms with Gasteiger partial charge in [-0.3, -0.25) is 0 Å². The maximum atomic E-state index is 12.7. The van der Waals surface area contributed by atoms with Crippen molar-refractivity contribution in [1.29, 1.82) is 0 Å². The Balaban J connectivity index is 2.57. The highest BCUT2D eigenvalue weighted by atomic mass is 35.5. The van der Waals surface area contributed by atoms with Crippen LogP contribution < -0.4 is 10.6 Å². The molecule has 0 aromatic heterocycles. The van der Waals surface area contributed by atoms with Crippen LogP contribution in [0.1, 0.15) is 51.5 Å². The van der Waals surface area contributed by atoms with E-state index in [2.05, 4.69) is 17.6 Å². The van der Waals surface area contributed by atoms with E-state index >= 15 is 0 Å². The van der Waals surface area contributed by atoms with E-state index in [1.807, 2.05) is 6.92 Å². The number of rotatable bonds is 7. The molecule has 0 heterocycles. The minimum absolute atomic E-state index is 0.0582. The van der Waals surface area contributed by atoms with E-state index in [0.29, 0.717) is 0 Å². The van der Waals surface area contributed by atoms with E-state index in [-0.39, 0.29) is 16.8 Å². The second kappa shape index (κ2) is 9.01. The van der Waals surface area contributed by atoms with Crippen LogP contribution in [0.2, 0.25) is 5.02 Å². The summed E-state index contributed by atoms with van der Waals surface area (Å²) in [5, 5.41) is 5.13. The van der Waals surface area contributed by atoms with Crippen molar-refractivity contribution >= 4 is 23.3 Å². The van der Waals surface area contributed by atoms with Crippen LogP contribution in [0.5, 0.6) is 0 Å². The molecular weight excluding hydrogens is 329 g/mol. The van der Waals surface area contributed by atoms with Crippen molar-refractivity contribution in [2.75, 3.05) is 5.32 Å². The van der Waals surface area contributed by atoms with Crippen molar-refractivity contribution in [2.45, 2.75) is 58.2 Å². The van der Waals surface area contributed by atoms with Gasteiger partial charge in [0.05, 0.1) is 16.3 Å². The predicted octanol–water partition coefficient (Wildman–Crippen LogP) is 5.84. The summed E-state index contributed by atoms with van der Waals surface area (Å²) in [6, 6.07) is 2.20. The fourth-order valence-electron chi connectivity index (χ4n) is 2.13. The third kappa shape index (κ3) is 7.12. The van der Waals surface area contributed by atoms with Gasteiger partial charge in [0.25, 0.3) is 0 Å². The van der Waals surface area contributed by atoms with Crippen molar-refractivity contribution in [2.24, 2.45) is 0 Å². The number of halogens is 4. The molecule has 0 saturated heterocycles. The van der Waals surface area contributed by atoms with Crippen molar-refractivity contribution in [1.82, 2.24) is 5.32 Å². The number of carbonyl (C=O) groups excluding carboxylic acids is 1. The fraction of sp³-hybridized carbons (Fsp3) is 0.562. The number of unbranched alkanes of at least 4 members (excludes halogenated alkanes) is 3. The molecule has 0 unspecified atom stereocenters. The van der Waals surface area contributed by atoms with Gasteiger partial charge in [0.2, 0.25) is 0 Å². The number of alkyl halides is 3. The highest BCUT2D eigenvalue weighted by Crippen LogP contribution is 2.33. The first-order valence-corrected chi connectivity index (χ1v) is 8.06. The summed E-state index contributed by atoms with van der Waals surface area (Å²) < 4.78 is 38.0. The highest BCUT2D eigenvalue weighted by Gasteiger charge is 2.31. The molecule has 0 aliphatic rings. The molecule has 130 valence electrons. The van der Waals surface area contributed by atoms with Gasteiger partial charge >= 0.3 is 12.2 Å². The van der Waals surface area contributed by atoms with E-state index in [1.54, 1.807) is 0 Å². The third-order valence-electron chi connectivity index (χ3n) is 3.41. The van der Waals surface area contributed by atoms with Gasteiger partial charge in [-0.05, 0) is 31.5 Å². The minimum Gasteiger partial charge on any atom is -0.335 e. The van der Waals surface area contributed by atoms with Gasteiger partial charge < -0.3 is 10.6 Å². The van der Waals surface area contributed by atoms with Crippen LogP contribution in [0, 0.1) is 0 Å². The topological polar surface area (TPSA) is 41.1 Å². The summed E-state index contributed by atoms with van der Waals surface area (Å²) in [6.45, 7) is 3.98. The Labute approximate surface area is 139 Å². The SMILES string of the molecule is CCCCCC[C@@H](C)NC(=O)Nc1cc(C(F)(F)F)ccc1Cl. The average molecular weight is 351 g/mol. The molecule has 2 N–H and O–H groups in total. The maximum Gasteiger partial charge on any atom is 0.416 e. The minimum atomic E-state index is -4.48. The molecule has 1 rings (SSSR count). The molecule has 3 nitrogen and oxygen atoms in total. The van der Waals surface area contributed by atoms with Crippen molar-refractivity contribution in [3.8, 4) is 0 Å². The molecule has 1 aromatic carbocycles. The van der Waals surface area contributed by atoms with E-state index in [9.17, 15) is 18.0 Å². The Kier molecular flexibility index (Phi) is 7.68. The second-order valence-electron chi connectivity index (χ2n) is 5.54. The summed E-state index contributed by atoms with van der Waals surface area (Å²) >= 11 is 5.84.